The van der Waals surface area contributed by atoms with Crippen LogP contribution < -0.4 is 4.90 Å². The van der Waals surface area contributed by atoms with Gasteiger partial charge in [0.25, 0.3) is 0 Å². The molecule has 0 radical (unpaired) electrons. The van der Waals surface area contributed by atoms with Crippen LogP contribution in [0.15, 0.2) is 0 Å². The van der Waals surface area contributed by atoms with Crippen molar-refractivity contribution in [2.75, 3.05) is 37.7 Å². The minimum absolute atomic E-state index is 0.195. The Labute approximate surface area is 129 Å². The first-order valence-electron chi connectivity index (χ1n) is 7.63. The Bertz CT molecular complexity index is 493. The smallest absolute Gasteiger partial charge is 0.409 e. The van der Waals surface area contributed by atoms with E-state index in [0.717, 1.165) is 18.2 Å². The molecule has 1 aliphatic heterocycles. The van der Waals surface area contributed by atoms with Crippen LogP contribution in [0, 0.1) is 5.92 Å². The van der Waals surface area contributed by atoms with E-state index in [4.69, 9.17) is 4.74 Å². The van der Waals surface area contributed by atoms with Crippen LogP contribution in [0.3, 0.4) is 0 Å². The van der Waals surface area contributed by atoms with Gasteiger partial charge in [-0.25, -0.2) is 4.79 Å². The molecule has 0 spiro atoms. The number of carbonyl (C=O) groups excluding carboxylic acids is 1. The fourth-order valence-corrected chi connectivity index (χ4v) is 3.32. The Morgan fingerprint density at radius 2 is 2.00 bits per heavy atom. The van der Waals surface area contributed by atoms with Crippen molar-refractivity contribution in [1.29, 1.82) is 0 Å². The highest BCUT2D eigenvalue weighted by Gasteiger charge is 2.29. The molecule has 1 aliphatic carbocycles. The van der Waals surface area contributed by atoms with Gasteiger partial charge >= 0.3 is 6.09 Å². The molecule has 1 aromatic heterocycles. The number of amides is 1. The minimum atomic E-state index is -0.195. The van der Waals surface area contributed by atoms with Crippen molar-refractivity contribution in [3.63, 3.8) is 0 Å². The van der Waals surface area contributed by atoms with Gasteiger partial charge in [0.1, 0.15) is 5.01 Å². The van der Waals surface area contributed by atoms with Gasteiger partial charge in [-0.3, -0.25) is 0 Å². The van der Waals surface area contributed by atoms with E-state index in [1.165, 1.54) is 17.8 Å². The van der Waals surface area contributed by atoms with Crippen molar-refractivity contribution in [2.24, 2.45) is 5.92 Å². The maximum absolute atomic E-state index is 11.9. The van der Waals surface area contributed by atoms with Gasteiger partial charge in [0.2, 0.25) is 5.13 Å². The zero-order valence-corrected chi connectivity index (χ0v) is 13.4. The topological polar surface area (TPSA) is 58.6 Å². The Morgan fingerprint density at radius 1 is 1.29 bits per heavy atom. The lowest BCUT2D eigenvalue weighted by molar-refractivity contribution is 0.0901. The molecule has 0 atom stereocenters. The first kappa shape index (κ1) is 14.6. The molecule has 1 saturated carbocycles. The van der Waals surface area contributed by atoms with Crippen molar-refractivity contribution in [3.8, 4) is 0 Å². The lowest BCUT2D eigenvalue weighted by atomic mass is 10.2. The van der Waals surface area contributed by atoms with E-state index >= 15 is 0 Å². The quantitative estimate of drug-likeness (QED) is 0.854. The zero-order valence-electron chi connectivity index (χ0n) is 12.6. The molecule has 2 heterocycles. The second kappa shape index (κ2) is 6.17. The van der Waals surface area contributed by atoms with Crippen LogP contribution in [0.5, 0.6) is 0 Å². The molecule has 1 amide bonds. The van der Waals surface area contributed by atoms with Crippen LogP contribution in [-0.2, 0) is 4.74 Å². The van der Waals surface area contributed by atoms with Crippen LogP contribution in [0.2, 0.25) is 0 Å². The zero-order chi connectivity index (χ0) is 14.8. The van der Waals surface area contributed by atoms with E-state index in [2.05, 4.69) is 15.1 Å². The Kier molecular flexibility index (Phi) is 4.28. The standard InChI is InChI=1S/C14H22N4O2S/c1-10(2)9-20-14(19)18-7-5-17(6-8-18)13-16-15-12(21-13)11-3-4-11/h10-11H,3-9H2,1-2H3. The fourth-order valence-electron chi connectivity index (χ4n) is 2.26. The summed E-state index contributed by atoms with van der Waals surface area (Å²) in [5, 5.41) is 10.7. The van der Waals surface area contributed by atoms with Crippen LogP contribution >= 0.6 is 11.3 Å². The fraction of sp³-hybridized carbons (Fsp3) is 0.786. The van der Waals surface area contributed by atoms with Gasteiger partial charge < -0.3 is 14.5 Å². The SMILES string of the molecule is CC(C)COC(=O)N1CCN(c2nnc(C3CC3)s2)CC1. The predicted octanol–water partition coefficient (Wildman–Crippen LogP) is 2.33. The van der Waals surface area contributed by atoms with Gasteiger partial charge in [-0.1, -0.05) is 25.2 Å². The first-order chi connectivity index (χ1) is 10.1. The number of ether oxygens (including phenoxy) is 1. The molecule has 2 aliphatic rings. The molecule has 2 fully saturated rings. The molecule has 0 bridgehead atoms. The highest BCUT2D eigenvalue weighted by molar-refractivity contribution is 7.15. The third-order valence-corrected chi connectivity index (χ3v) is 4.85. The largest absolute Gasteiger partial charge is 0.449 e. The average Bonchev–Trinajstić information content (AvgIpc) is 3.22. The van der Waals surface area contributed by atoms with E-state index < -0.39 is 0 Å². The molecule has 3 rings (SSSR count). The lowest BCUT2D eigenvalue weighted by Crippen LogP contribution is -2.49. The molecule has 7 heteroatoms. The van der Waals surface area contributed by atoms with Gasteiger partial charge in [0, 0.05) is 32.1 Å². The molecule has 6 nitrogen and oxygen atoms in total. The summed E-state index contributed by atoms with van der Waals surface area (Å²) >= 11 is 1.70. The number of rotatable bonds is 4. The van der Waals surface area contributed by atoms with Crippen LogP contribution in [0.25, 0.3) is 0 Å². The predicted molar refractivity (Wildman–Crippen MR) is 81.9 cm³/mol. The summed E-state index contributed by atoms with van der Waals surface area (Å²) in [6, 6.07) is 0. The number of piperazine rings is 1. The average molecular weight is 310 g/mol. The molecular formula is C14H22N4O2S. The maximum atomic E-state index is 11.9. The van der Waals surface area contributed by atoms with Gasteiger partial charge in [-0.2, -0.15) is 0 Å². The highest BCUT2D eigenvalue weighted by Crippen LogP contribution is 2.42. The molecule has 0 N–H and O–H groups in total. The van der Waals surface area contributed by atoms with Crippen LogP contribution in [-0.4, -0.2) is 54.0 Å². The Balaban J connectivity index is 1.48. The lowest BCUT2D eigenvalue weighted by Gasteiger charge is -2.33. The second-order valence-corrected chi connectivity index (χ2v) is 7.13. The summed E-state index contributed by atoms with van der Waals surface area (Å²) in [7, 11) is 0. The highest BCUT2D eigenvalue weighted by atomic mass is 32.1. The Hall–Kier alpha value is -1.37. The van der Waals surface area contributed by atoms with Crippen molar-refractivity contribution < 1.29 is 9.53 Å². The molecule has 0 unspecified atom stereocenters. The minimum Gasteiger partial charge on any atom is -0.449 e. The van der Waals surface area contributed by atoms with Crippen LogP contribution in [0.4, 0.5) is 9.93 Å². The Morgan fingerprint density at radius 3 is 2.62 bits per heavy atom. The normalized spacial score (nSPS) is 19.2. The van der Waals surface area contributed by atoms with Crippen molar-refractivity contribution >= 4 is 22.6 Å². The summed E-state index contributed by atoms with van der Waals surface area (Å²) in [4.78, 5) is 15.9. The van der Waals surface area contributed by atoms with Gasteiger partial charge in [-0.05, 0) is 18.8 Å². The van der Waals surface area contributed by atoms with Gasteiger partial charge in [0.05, 0.1) is 6.61 Å². The number of hydrogen-bond acceptors (Lipinski definition) is 6. The van der Waals surface area contributed by atoms with Crippen molar-refractivity contribution in [3.05, 3.63) is 5.01 Å². The molecular weight excluding hydrogens is 288 g/mol. The van der Waals surface area contributed by atoms with Crippen LogP contribution in [0.1, 0.15) is 37.6 Å². The number of nitrogens with zero attached hydrogens (tertiary/aromatic N) is 4. The number of carbonyl (C=O) groups is 1. The van der Waals surface area contributed by atoms with E-state index in [1.54, 1.807) is 16.2 Å². The summed E-state index contributed by atoms with van der Waals surface area (Å²) in [6.45, 7) is 7.55. The summed E-state index contributed by atoms with van der Waals surface area (Å²) in [5.41, 5.74) is 0. The molecule has 1 saturated heterocycles. The molecule has 0 aromatic carbocycles. The summed E-state index contributed by atoms with van der Waals surface area (Å²) in [5.74, 6) is 1.03. The van der Waals surface area contributed by atoms with Crippen molar-refractivity contribution in [2.45, 2.75) is 32.6 Å². The third kappa shape index (κ3) is 3.64. The van der Waals surface area contributed by atoms with E-state index in [1.807, 2.05) is 13.8 Å². The van der Waals surface area contributed by atoms with E-state index in [-0.39, 0.29) is 6.09 Å². The number of aromatic nitrogens is 2. The molecule has 116 valence electrons. The van der Waals surface area contributed by atoms with E-state index in [9.17, 15) is 4.79 Å². The van der Waals surface area contributed by atoms with Crippen molar-refractivity contribution in [1.82, 2.24) is 15.1 Å². The number of anilines is 1. The maximum Gasteiger partial charge on any atom is 0.409 e. The van der Waals surface area contributed by atoms with Gasteiger partial charge in [0.15, 0.2) is 0 Å². The monoisotopic (exact) mass is 310 g/mol. The van der Waals surface area contributed by atoms with E-state index in [0.29, 0.717) is 31.5 Å². The summed E-state index contributed by atoms with van der Waals surface area (Å²) in [6.07, 6.45) is 2.31. The van der Waals surface area contributed by atoms with Gasteiger partial charge in [-0.15, -0.1) is 10.2 Å². The summed E-state index contributed by atoms with van der Waals surface area (Å²) < 4.78 is 5.27. The first-order valence-corrected chi connectivity index (χ1v) is 8.45. The third-order valence-electron chi connectivity index (χ3n) is 3.71. The molecule has 21 heavy (non-hydrogen) atoms. The molecule has 1 aromatic rings. The number of hydrogen-bond donors (Lipinski definition) is 0. The second-order valence-electron chi connectivity index (χ2n) is 6.14.